The normalized spacial score (nSPS) is 21.4. The van der Waals surface area contributed by atoms with Crippen molar-refractivity contribution >= 4 is 29.9 Å². The van der Waals surface area contributed by atoms with Gasteiger partial charge in [0.15, 0.2) is 11.8 Å². The molecule has 0 amide bonds. The van der Waals surface area contributed by atoms with E-state index in [2.05, 4.69) is 55.6 Å². The summed E-state index contributed by atoms with van der Waals surface area (Å²) >= 11 is 0. The zero-order valence-electron chi connectivity index (χ0n) is 20.1. The molecular formula is C24H38IN7O. The third-order valence-electron chi connectivity index (χ3n) is 6.85. The van der Waals surface area contributed by atoms with Crippen molar-refractivity contribution in [2.24, 2.45) is 18.0 Å². The van der Waals surface area contributed by atoms with Crippen molar-refractivity contribution in [2.45, 2.75) is 45.3 Å². The number of methoxy groups -OCH3 is 1. The summed E-state index contributed by atoms with van der Waals surface area (Å²) in [5.74, 6) is 3.43. The van der Waals surface area contributed by atoms with Crippen LogP contribution in [0.3, 0.4) is 0 Å². The Bertz CT molecular complexity index is 888. The summed E-state index contributed by atoms with van der Waals surface area (Å²) in [7, 11) is 3.72. The number of aryl methyl sites for hydroxylation is 1. The van der Waals surface area contributed by atoms with Crippen LogP contribution in [0.15, 0.2) is 35.3 Å². The average molecular weight is 568 g/mol. The molecule has 4 rings (SSSR count). The first-order valence-corrected chi connectivity index (χ1v) is 11.8. The van der Waals surface area contributed by atoms with Crippen LogP contribution in [0.25, 0.3) is 0 Å². The van der Waals surface area contributed by atoms with Crippen molar-refractivity contribution < 1.29 is 4.74 Å². The van der Waals surface area contributed by atoms with E-state index in [4.69, 9.17) is 9.73 Å². The topological polar surface area (TPSA) is 70.8 Å². The van der Waals surface area contributed by atoms with Gasteiger partial charge >= 0.3 is 0 Å². The van der Waals surface area contributed by atoms with E-state index in [9.17, 15) is 0 Å². The van der Waals surface area contributed by atoms with Crippen LogP contribution in [0.1, 0.15) is 36.5 Å². The molecule has 8 nitrogen and oxygen atoms in total. The van der Waals surface area contributed by atoms with E-state index in [1.807, 2.05) is 18.5 Å². The molecule has 2 unspecified atom stereocenters. The van der Waals surface area contributed by atoms with Gasteiger partial charge in [-0.1, -0.05) is 30.3 Å². The Kier molecular flexibility index (Phi) is 9.94. The van der Waals surface area contributed by atoms with Crippen molar-refractivity contribution in [3.05, 3.63) is 47.5 Å². The van der Waals surface area contributed by atoms with Crippen LogP contribution in [0, 0.1) is 12.8 Å². The maximum Gasteiger partial charge on any atom is 0.194 e. The monoisotopic (exact) mass is 567 g/mol. The van der Waals surface area contributed by atoms with Gasteiger partial charge in [0.2, 0.25) is 0 Å². The summed E-state index contributed by atoms with van der Waals surface area (Å²) < 4.78 is 7.26. The number of aromatic nitrogens is 3. The number of hydrogen-bond acceptors (Lipinski definition) is 5. The Labute approximate surface area is 214 Å². The van der Waals surface area contributed by atoms with E-state index in [1.165, 1.54) is 31.4 Å². The molecule has 2 saturated heterocycles. The number of benzene rings is 1. The molecule has 1 aromatic carbocycles. The third kappa shape index (κ3) is 6.66. The molecule has 0 spiro atoms. The number of rotatable bonds is 7. The minimum Gasteiger partial charge on any atom is -0.383 e. The van der Waals surface area contributed by atoms with Gasteiger partial charge in [0.1, 0.15) is 12.4 Å². The summed E-state index contributed by atoms with van der Waals surface area (Å²) in [5, 5.41) is 11.9. The number of fused-ring (bicyclic) bond motifs is 1. The third-order valence-corrected chi connectivity index (χ3v) is 6.85. The summed E-state index contributed by atoms with van der Waals surface area (Å²) in [6.45, 7) is 8.22. The fourth-order valence-electron chi connectivity index (χ4n) is 4.98. The lowest BCUT2D eigenvalue weighted by atomic mass is 9.83. The van der Waals surface area contributed by atoms with Gasteiger partial charge in [-0.15, -0.1) is 34.2 Å². The molecule has 0 bridgehead atoms. The van der Waals surface area contributed by atoms with Gasteiger partial charge in [-0.05, 0) is 44.2 Å². The van der Waals surface area contributed by atoms with Crippen molar-refractivity contribution in [2.75, 3.05) is 39.9 Å². The Morgan fingerprint density at radius 2 is 2.00 bits per heavy atom. The number of halogens is 1. The molecular weight excluding hydrogens is 529 g/mol. The highest BCUT2D eigenvalue weighted by Gasteiger charge is 2.36. The van der Waals surface area contributed by atoms with Crippen LogP contribution in [-0.4, -0.2) is 76.5 Å². The first-order valence-electron chi connectivity index (χ1n) is 11.8. The molecule has 33 heavy (non-hydrogen) atoms. The number of likely N-dealkylation sites (tertiary alicyclic amines) is 2. The predicted molar refractivity (Wildman–Crippen MR) is 142 cm³/mol. The second kappa shape index (κ2) is 12.7. The number of aliphatic imine (C=N–C) groups is 1. The summed E-state index contributed by atoms with van der Waals surface area (Å²) in [4.78, 5) is 10.1. The van der Waals surface area contributed by atoms with Gasteiger partial charge in [-0.25, -0.2) is 4.99 Å². The fraction of sp³-hybridized carbons (Fsp3) is 0.625. The maximum absolute atomic E-state index is 5.25. The summed E-state index contributed by atoms with van der Waals surface area (Å²) in [5.41, 5.74) is 1.41. The first-order chi connectivity index (χ1) is 15.7. The van der Waals surface area contributed by atoms with Crippen molar-refractivity contribution in [1.82, 2.24) is 29.9 Å². The predicted octanol–water partition coefficient (Wildman–Crippen LogP) is 2.82. The Morgan fingerprint density at radius 3 is 2.73 bits per heavy atom. The maximum atomic E-state index is 5.25. The summed E-state index contributed by atoms with van der Waals surface area (Å²) in [6.07, 6.45) is 3.73. The molecule has 182 valence electrons. The molecule has 1 aromatic heterocycles. The number of guanidine groups is 1. The fourth-order valence-corrected chi connectivity index (χ4v) is 4.98. The SMILES string of the molecule is COCCNC(=NCc1nnc(C)n1C)N1CCC2C(CCCN2Cc2ccccc2)C1.I. The molecule has 0 radical (unpaired) electrons. The largest absolute Gasteiger partial charge is 0.383 e. The molecule has 9 heteroatoms. The minimum absolute atomic E-state index is 0. The molecule has 2 aliphatic rings. The number of hydrogen-bond donors (Lipinski definition) is 1. The van der Waals surface area contributed by atoms with E-state index < -0.39 is 0 Å². The van der Waals surface area contributed by atoms with Crippen LogP contribution in [0.2, 0.25) is 0 Å². The van der Waals surface area contributed by atoms with E-state index >= 15 is 0 Å². The lowest BCUT2D eigenvalue weighted by molar-refractivity contribution is 0.0371. The molecule has 1 N–H and O–H groups in total. The van der Waals surface area contributed by atoms with Gasteiger partial charge in [-0.3, -0.25) is 4.90 Å². The van der Waals surface area contributed by atoms with Crippen LogP contribution >= 0.6 is 24.0 Å². The molecule has 0 aliphatic carbocycles. The zero-order chi connectivity index (χ0) is 22.3. The number of nitrogens with zero attached hydrogens (tertiary/aromatic N) is 6. The van der Waals surface area contributed by atoms with Crippen LogP contribution in [0.5, 0.6) is 0 Å². The second-order valence-electron chi connectivity index (χ2n) is 8.94. The van der Waals surface area contributed by atoms with Gasteiger partial charge in [0.25, 0.3) is 0 Å². The highest BCUT2D eigenvalue weighted by molar-refractivity contribution is 14.0. The second-order valence-corrected chi connectivity index (χ2v) is 8.94. The highest BCUT2D eigenvalue weighted by atomic mass is 127. The van der Waals surface area contributed by atoms with E-state index in [-0.39, 0.29) is 24.0 Å². The first kappa shape index (κ1) is 25.9. The number of ether oxygens (including phenoxy) is 1. The van der Waals surface area contributed by atoms with Gasteiger partial charge in [0.05, 0.1) is 6.61 Å². The zero-order valence-corrected chi connectivity index (χ0v) is 22.4. The molecule has 2 atom stereocenters. The van der Waals surface area contributed by atoms with Gasteiger partial charge in [0, 0.05) is 46.4 Å². The minimum atomic E-state index is 0. The van der Waals surface area contributed by atoms with Crippen molar-refractivity contribution in [1.29, 1.82) is 0 Å². The molecule has 2 aliphatic heterocycles. The van der Waals surface area contributed by atoms with Crippen LogP contribution in [0.4, 0.5) is 0 Å². The molecule has 3 heterocycles. The van der Waals surface area contributed by atoms with E-state index in [1.54, 1.807) is 7.11 Å². The van der Waals surface area contributed by atoms with E-state index in [0.717, 1.165) is 43.8 Å². The molecule has 2 aromatic rings. The highest BCUT2D eigenvalue weighted by Crippen LogP contribution is 2.31. The molecule has 0 saturated carbocycles. The van der Waals surface area contributed by atoms with Crippen molar-refractivity contribution in [3.63, 3.8) is 0 Å². The smallest absolute Gasteiger partial charge is 0.194 e. The standard InChI is InChI=1S/C24H37N7O.HI/c1-19-27-28-23(29(19)2)16-26-24(25-12-15-32-3)31-14-11-22-21(18-31)10-7-13-30(22)17-20-8-5-4-6-9-20;/h4-6,8-9,21-22H,7,10-18H2,1-3H3,(H,25,26);1H. The lowest BCUT2D eigenvalue weighted by Gasteiger charge is -2.48. The summed E-state index contributed by atoms with van der Waals surface area (Å²) in [6, 6.07) is 11.5. The van der Waals surface area contributed by atoms with Gasteiger partial charge in [-0.2, -0.15) is 0 Å². The molecule has 2 fully saturated rings. The number of piperidine rings is 2. The van der Waals surface area contributed by atoms with Crippen molar-refractivity contribution in [3.8, 4) is 0 Å². The van der Waals surface area contributed by atoms with Gasteiger partial charge < -0.3 is 19.5 Å². The Hall–Kier alpha value is -1.72. The lowest BCUT2D eigenvalue weighted by Crippen LogP contribution is -2.56. The quantitative estimate of drug-likeness (QED) is 0.240. The number of nitrogens with one attached hydrogen (secondary N) is 1. The average Bonchev–Trinajstić information content (AvgIpc) is 3.14. The Balaban J connectivity index is 0.00000306. The van der Waals surface area contributed by atoms with Crippen LogP contribution in [-0.2, 0) is 24.9 Å². The van der Waals surface area contributed by atoms with Crippen LogP contribution < -0.4 is 5.32 Å². The van der Waals surface area contributed by atoms with E-state index in [0.29, 0.717) is 25.1 Å². The Morgan fingerprint density at radius 1 is 1.18 bits per heavy atom.